The van der Waals surface area contributed by atoms with E-state index in [0.717, 1.165) is 15.6 Å². The number of nitro groups is 1. The average molecular weight is 327 g/mol. The van der Waals surface area contributed by atoms with E-state index in [1.54, 1.807) is 6.07 Å². The maximum Gasteiger partial charge on any atom is 0.277 e. The first-order valence-corrected chi connectivity index (χ1v) is 6.36. The minimum atomic E-state index is -0.396. The van der Waals surface area contributed by atoms with E-state index in [1.807, 2.05) is 25.1 Å². The summed E-state index contributed by atoms with van der Waals surface area (Å²) in [7, 11) is 0. The molecule has 0 aromatic heterocycles. The Morgan fingerprint density at radius 3 is 2.50 bits per heavy atom. The third kappa shape index (κ3) is 2.54. The first kappa shape index (κ1) is 13.1. The molecule has 0 aliphatic carbocycles. The minimum Gasteiger partial charge on any atom is -0.258 e. The smallest absolute Gasteiger partial charge is 0.258 e. The lowest BCUT2D eigenvalue weighted by atomic mass is 9.99. The quantitative estimate of drug-likeness (QED) is 0.576. The Morgan fingerprint density at radius 2 is 1.89 bits per heavy atom. The number of halogens is 2. The monoisotopic (exact) mass is 325 g/mol. The number of aryl methyl sites for hydroxylation is 1. The molecule has 5 heteroatoms. The van der Waals surface area contributed by atoms with E-state index in [-0.39, 0.29) is 5.69 Å². The predicted molar refractivity (Wildman–Crippen MR) is 76.0 cm³/mol. The Hall–Kier alpha value is -1.39. The normalized spacial score (nSPS) is 10.4. The lowest BCUT2D eigenvalue weighted by Crippen LogP contribution is -1.93. The van der Waals surface area contributed by atoms with Crippen molar-refractivity contribution in [2.75, 3.05) is 0 Å². The molecule has 0 radical (unpaired) electrons. The average Bonchev–Trinajstić information content (AvgIpc) is 2.28. The molecule has 0 N–H and O–H groups in total. The van der Waals surface area contributed by atoms with Gasteiger partial charge >= 0.3 is 0 Å². The maximum absolute atomic E-state index is 11.0. The van der Waals surface area contributed by atoms with Gasteiger partial charge in [0, 0.05) is 15.6 Å². The number of rotatable bonds is 2. The number of benzene rings is 2. The van der Waals surface area contributed by atoms with Crippen molar-refractivity contribution in [2.45, 2.75) is 6.92 Å². The Labute approximate surface area is 118 Å². The zero-order chi connectivity index (χ0) is 13.3. The highest BCUT2D eigenvalue weighted by atomic mass is 79.9. The standard InChI is InChI=1S/C13H9BrClNO2/c1-8-6-9(14)2-4-11(8)12-7-10(15)3-5-13(12)16(17)18/h2-7H,1H3. The van der Waals surface area contributed by atoms with Crippen molar-refractivity contribution < 1.29 is 4.92 Å². The van der Waals surface area contributed by atoms with E-state index in [4.69, 9.17) is 11.6 Å². The van der Waals surface area contributed by atoms with Crippen LogP contribution in [-0.4, -0.2) is 4.92 Å². The molecule has 18 heavy (non-hydrogen) atoms. The molecule has 0 saturated carbocycles. The molecule has 0 unspecified atom stereocenters. The van der Waals surface area contributed by atoms with E-state index in [2.05, 4.69) is 15.9 Å². The molecular weight excluding hydrogens is 318 g/mol. The molecule has 2 rings (SSSR count). The molecule has 0 heterocycles. The molecular formula is C13H9BrClNO2. The summed E-state index contributed by atoms with van der Waals surface area (Å²) < 4.78 is 0.938. The molecule has 0 saturated heterocycles. The van der Waals surface area contributed by atoms with E-state index in [0.29, 0.717) is 10.6 Å². The van der Waals surface area contributed by atoms with Crippen LogP contribution in [0.25, 0.3) is 11.1 Å². The summed E-state index contributed by atoms with van der Waals surface area (Å²) in [5.74, 6) is 0. The molecule has 0 fully saturated rings. The molecule has 0 amide bonds. The van der Waals surface area contributed by atoms with Crippen molar-refractivity contribution in [3.8, 4) is 11.1 Å². The van der Waals surface area contributed by atoms with Gasteiger partial charge in [0.1, 0.15) is 0 Å². The Bertz CT molecular complexity index is 628. The maximum atomic E-state index is 11.0. The van der Waals surface area contributed by atoms with Gasteiger partial charge < -0.3 is 0 Å². The molecule has 2 aromatic rings. The second kappa shape index (κ2) is 5.08. The first-order chi connectivity index (χ1) is 8.49. The van der Waals surface area contributed by atoms with E-state index < -0.39 is 4.92 Å². The Balaban J connectivity index is 2.69. The molecule has 3 nitrogen and oxygen atoms in total. The van der Waals surface area contributed by atoms with Gasteiger partial charge in [-0.15, -0.1) is 0 Å². The summed E-state index contributed by atoms with van der Waals surface area (Å²) in [6.07, 6.45) is 0. The summed E-state index contributed by atoms with van der Waals surface area (Å²) in [5, 5.41) is 11.5. The largest absolute Gasteiger partial charge is 0.277 e. The fraction of sp³-hybridized carbons (Fsp3) is 0.0769. The van der Waals surface area contributed by atoms with Crippen LogP contribution >= 0.6 is 27.5 Å². The van der Waals surface area contributed by atoms with Gasteiger partial charge in [-0.25, -0.2) is 0 Å². The SMILES string of the molecule is Cc1cc(Br)ccc1-c1cc(Cl)ccc1[N+](=O)[O-]. The highest BCUT2D eigenvalue weighted by Gasteiger charge is 2.17. The van der Waals surface area contributed by atoms with Crippen LogP contribution in [-0.2, 0) is 0 Å². The second-order valence-electron chi connectivity index (χ2n) is 3.88. The summed E-state index contributed by atoms with van der Waals surface area (Å²) in [4.78, 5) is 10.6. The van der Waals surface area contributed by atoms with Crippen molar-refractivity contribution >= 4 is 33.2 Å². The molecule has 0 spiro atoms. The molecule has 2 aromatic carbocycles. The van der Waals surface area contributed by atoms with Crippen LogP contribution in [0.3, 0.4) is 0 Å². The fourth-order valence-corrected chi connectivity index (χ4v) is 2.46. The first-order valence-electron chi connectivity index (χ1n) is 5.19. The van der Waals surface area contributed by atoms with Gasteiger partial charge in [-0.1, -0.05) is 33.6 Å². The van der Waals surface area contributed by atoms with Crippen LogP contribution in [0.4, 0.5) is 5.69 Å². The number of nitro benzene ring substituents is 1. The second-order valence-corrected chi connectivity index (χ2v) is 5.23. The lowest BCUT2D eigenvalue weighted by molar-refractivity contribution is -0.384. The van der Waals surface area contributed by atoms with Gasteiger partial charge in [-0.2, -0.15) is 0 Å². The van der Waals surface area contributed by atoms with Crippen molar-refractivity contribution in [1.29, 1.82) is 0 Å². The van der Waals surface area contributed by atoms with Gasteiger partial charge in [-0.3, -0.25) is 10.1 Å². The number of nitrogens with zero attached hydrogens (tertiary/aromatic N) is 1. The third-order valence-corrected chi connectivity index (χ3v) is 3.36. The predicted octanol–water partition coefficient (Wildman–Crippen LogP) is 4.99. The van der Waals surface area contributed by atoms with Gasteiger partial charge in [0.15, 0.2) is 0 Å². The van der Waals surface area contributed by atoms with Crippen molar-refractivity contribution in [2.24, 2.45) is 0 Å². The van der Waals surface area contributed by atoms with Gasteiger partial charge in [-0.05, 0) is 42.3 Å². The van der Waals surface area contributed by atoms with E-state index in [1.165, 1.54) is 12.1 Å². The van der Waals surface area contributed by atoms with Crippen LogP contribution in [0.1, 0.15) is 5.56 Å². The molecule has 0 bridgehead atoms. The highest BCUT2D eigenvalue weighted by Crippen LogP contribution is 2.35. The zero-order valence-electron chi connectivity index (χ0n) is 9.48. The molecule has 0 aliphatic heterocycles. The molecule has 92 valence electrons. The minimum absolute atomic E-state index is 0.0600. The lowest BCUT2D eigenvalue weighted by Gasteiger charge is -2.08. The summed E-state index contributed by atoms with van der Waals surface area (Å²) in [6, 6.07) is 10.2. The van der Waals surface area contributed by atoms with Crippen LogP contribution in [0, 0.1) is 17.0 Å². The molecule has 0 aliphatic rings. The van der Waals surface area contributed by atoms with Crippen LogP contribution in [0.2, 0.25) is 5.02 Å². The van der Waals surface area contributed by atoms with Gasteiger partial charge in [0.2, 0.25) is 0 Å². The number of hydrogen-bond donors (Lipinski definition) is 0. The van der Waals surface area contributed by atoms with Crippen molar-refractivity contribution in [3.05, 3.63) is 61.6 Å². The Morgan fingerprint density at radius 1 is 1.17 bits per heavy atom. The zero-order valence-corrected chi connectivity index (χ0v) is 11.8. The fourth-order valence-electron chi connectivity index (χ4n) is 1.81. The van der Waals surface area contributed by atoms with Crippen LogP contribution < -0.4 is 0 Å². The molecule has 0 atom stereocenters. The van der Waals surface area contributed by atoms with Crippen LogP contribution in [0.15, 0.2) is 40.9 Å². The third-order valence-electron chi connectivity index (χ3n) is 2.63. The van der Waals surface area contributed by atoms with Crippen molar-refractivity contribution in [1.82, 2.24) is 0 Å². The Kier molecular flexibility index (Phi) is 3.68. The summed E-state index contributed by atoms with van der Waals surface area (Å²) in [5.41, 5.74) is 2.37. The van der Waals surface area contributed by atoms with E-state index >= 15 is 0 Å². The highest BCUT2D eigenvalue weighted by molar-refractivity contribution is 9.10. The summed E-state index contributed by atoms with van der Waals surface area (Å²) in [6.45, 7) is 1.91. The van der Waals surface area contributed by atoms with Crippen molar-refractivity contribution in [3.63, 3.8) is 0 Å². The van der Waals surface area contributed by atoms with Crippen LogP contribution in [0.5, 0.6) is 0 Å². The number of hydrogen-bond acceptors (Lipinski definition) is 2. The van der Waals surface area contributed by atoms with E-state index in [9.17, 15) is 10.1 Å². The van der Waals surface area contributed by atoms with Gasteiger partial charge in [0.25, 0.3) is 5.69 Å². The summed E-state index contributed by atoms with van der Waals surface area (Å²) >= 11 is 9.29. The topological polar surface area (TPSA) is 43.1 Å². The van der Waals surface area contributed by atoms with Gasteiger partial charge in [0.05, 0.1) is 10.5 Å².